The molecule has 0 atom stereocenters. The van der Waals surface area contributed by atoms with Crippen LogP contribution in [-0.2, 0) is 29.7 Å². The van der Waals surface area contributed by atoms with E-state index in [0.717, 1.165) is 36.4 Å². The van der Waals surface area contributed by atoms with E-state index in [1.807, 2.05) is 21.6 Å². The summed E-state index contributed by atoms with van der Waals surface area (Å²) in [5, 5.41) is 0. The molecule has 0 rings (SSSR count). The SMILES string of the molecule is [SiH3]OO[Si](CCCSSCCC[Si](O[SiH3])(O[SiH3])O[SiH3])(O[SiH3])O[SiH3]. The van der Waals surface area contributed by atoms with Gasteiger partial charge >= 0.3 is 17.6 Å². The van der Waals surface area contributed by atoms with Crippen molar-refractivity contribution in [1.29, 1.82) is 0 Å². The van der Waals surface area contributed by atoms with Gasteiger partial charge in [-0.3, -0.25) is 0 Å². The van der Waals surface area contributed by atoms with Gasteiger partial charge in [0, 0.05) is 23.6 Å². The molecule has 0 saturated carbocycles. The molecule has 0 aromatic heterocycles. The number of hydrogen-bond acceptors (Lipinski definition) is 9. The highest BCUT2D eigenvalue weighted by molar-refractivity contribution is 8.76. The second-order valence-corrected chi connectivity index (χ2v) is 19.6. The Labute approximate surface area is 167 Å². The summed E-state index contributed by atoms with van der Waals surface area (Å²) in [6, 6.07) is 1.78. The van der Waals surface area contributed by atoms with Crippen molar-refractivity contribution in [3.05, 3.63) is 0 Å². The van der Waals surface area contributed by atoms with Gasteiger partial charge in [-0.2, -0.15) is 0 Å². The van der Waals surface area contributed by atoms with Crippen LogP contribution in [0.3, 0.4) is 0 Å². The van der Waals surface area contributed by atoms with E-state index in [4.69, 9.17) is 29.7 Å². The second kappa shape index (κ2) is 15.2. The molecule has 0 heterocycles. The quantitative estimate of drug-likeness (QED) is 0.0677. The van der Waals surface area contributed by atoms with Crippen LogP contribution in [0.25, 0.3) is 0 Å². The fourth-order valence-corrected chi connectivity index (χ4v) is 20.2. The Kier molecular flexibility index (Phi) is 16.7. The maximum absolute atomic E-state index is 5.61. The molecule has 0 spiro atoms. The zero-order chi connectivity index (χ0) is 17.6. The average molecular weight is 503 g/mol. The Bertz CT molecular complexity index is 279. The third-order valence-corrected chi connectivity index (χ3v) is 21.1. The molecule has 0 amide bonds. The molecule has 0 fully saturated rings. The van der Waals surface area contributed by atoms with Crippen LogP contribution >= 0.6 is 21.6 Å². The van der Waals surface area contributed by atoms with Crippen molar-refractivity contribution < 1.29 is 29.7 Å². The summed E-state index contributed by atoms with van der Waals surface area (Å²) in [4.78, 5) is 0. The minimum atomic E-state index is -2.48. The van der Waals surface area contributed by atoms with E-state index in [1.165, 1.54) is 0 Å². The molecule has 0 saturated heterocycles. The molecule has 23 heavy (non-hydrogen) atoms. The summed E-state index contributed by atoms with van der Waals surface area (Å²) in [5.41, 5.74) is 0. The highest BCUT2D eigenvalue weighted by Gasteiger charge is 2.38. The van der Waals surface area contributed by atoms with Gasteiger partial charge in [0.25, 0.3) is 0 Å². The van der Waals surface area contributed by atoms with Gasteiger partial charge in [0.15, 0.2) is 10.5 Å². The lowest BCUT2D eigenvalue weighted by Crippen LogP contribution is -2.44. The third kappa shape index (κ3) is 10.2. The van der Waals surface area contributed by atoms with Gasteiger partial charge in [-0.1, -0.05) is 21.6 Å². The molecule has 0 aromatic carbocycles. The molecule has 0 aliphatic rings. The highest BCUT2D eigenvalue weighted by atomic mass is 33.1. The van der Waals surface area contributed by atoms with Gasteiger partial charge in [-0.15, -0.1) is 0 Å². The van der Waals surface area contributed by atoms with Crippen LogP contribution < -0.4 is 0 Å². The lowest BCUT2D eigenvalue weighted by atomic mass is 10.6. The molecule has 7 nitrogen and oxygen atoms in total. The first-order valence-corrected chi connectivity index (χ1v) is 18.5. The van der Waals surface area contributed by atoms with Gasteiger partial charge in [-0.05, 0) is 12.8 Å². The van der Waals surface area contributed by atoms with E-state index in [9.17, 15) is 0 Å². The predicted octanol–water partition coefficient (Wildman–Crippen LogP) is -5.26. The Morgan fingerprint density at radius 2 is 1.00 bits per heavy atom. The average Bonchev–Trinajstić information content (AvgIpc) is 2.60. The molecule has 0 aliphatic carbocycles. The zero-order valence-electron chi connectivity index (χ0n) is 14.9. The molecule has 0 radical (unpaired) electrons. The molecule has 0 aromatic rings. The van der Waals surface area contributed by atoms with Gasteiger partial charge < -0.3 is 25.2 Å². The van der Waals surface area contributed by atoms with Gasteiger partial charge in [0.2, 0.25) is 0 Å². The van der Waals surface area contributed by atoms with Crippen LogP contribution in [0.1, 0.15) is 12.8 Å². The van der Waals surface area contributed by atoms with Crippen molar-refractivity contribution in [3.63, 3.8) is 0 Å². The maximum atomic E-state index is 5.61. The van der Waals surface area contributed by atoms with Crippen LogP contribution in [0.5, 0.6) is 0 Å². The monoisotopic (exact) mass is 502 g/mol. The van der Waals surface area contributed by atoms with E-state index in [0.29, 0.717) is 62.9 Å². The van der Waals surface area contributed by atoms with E-state index in [1.54, 1.807) is 0 Å². The maximum Gasteiger partial charge on any atom is 0.506 e. The zero-order valence-corrected chi connectivity index (χ0v) is 30.5. The first kappa shape index (κ1) is 25.2. The first-order chi connectivity index (χ1) is 11.1. The largest absolute Gasteiger partial charge is 0.506 e. The molecule has 0 aliphatic heterocycles. The number of hydrogen-bond donors (Lipinski definition) is 0. The molecule has 17 heteroatoms. The van der Waals surface area contributed by atoms with E-state index in [-0.39, 0.29) is 0 Å². The van der Waals surface area contributed by atoms with Gasteiger partial charge in [0.05, 0.1) is 0 Å². The van der Waals surface area contributed by atoms with Crippen molar-refractivity contribution >= 4 is 102 Å². The Balaban J connectivity index is 3.77. The fourth-order valence-electron chi connectivity index (χ4n) is 1.89. The summed E-state index contributed by atoms with van der Waals surface area (Å²) < 4.78 is 38.2. The molecule has 0 unspecified atom stereocenters. The van der Waals surface area contributed by atoms with Crippen LogP contribution in [0.2, 0.25) is 12.1 Å². The minimum absolute atomic E-state index is 0.540. The molecule has 140 valence electrons. The molecular formula is C6H30O7S2Si8. The summed E-state index contributed by atoms with van der Waals surface area (Å²) >= 11 is 0. The van der Waals surface area contributed by atoms with Crippen molar-refractivity contribution in [1.82, 2.24) is 0 Å². The van der Waals surface area contributed by atoms with Crippen LogP contribution in [0.4, 0.5) is 0 Å². The van der Waals surface area contributed by atoms with Crippen molar-refractivity contribution in [2.24, 2.45) is 0 Å². The van der Waals surface area contributed by atoms with E-state index >= 15 is 0 Å². The van der Waals surface area contributed by atoms with Crippen LogP contribution in [0.15, 0.2) is 0 Å². The van der Waals surface area contributed by atoms with Crippen LogP contribution in [-0.4, -0.2) is 92.0 Å². The van der Waals surface area contributed by atoms with Crippen molar-refractivity contribution in [2.45, 2.75) is 24.9 Å². The predicted molar refractivity (Wildman–Crippen MR) is 123 cm³/mol. The van der Waals surface area contributed by atoms with Crippen molar-refractivity contribution in [2.75, 3.05) is 11.5 Å². The van der Waals surface area contributed by atoms with Gasteiger partial charge in [0.1, 0.15) is 52.4 Å². The standard InChI is InChI=1S/C6H30O7S2Si8/c16-7-8-22(9-17,10-18)5-1-3-14-15-4-2-6-23(11-19,12-20)13-21/h1-6H2,16-21H3. The van der Waals surface area contributed by atoms with E-state index in [2.05, 4.69) is 0 Å². The number of rotatable bonds is 16. The topological polar surface area (TPSA) is 64.6 Å². The summed E-state index contributed by atoms with van der Waals surface area (Å²) in [7, 11) is 2.94. The van der Waals surface area contributed by atoms with Crippen molar-refractivity contribution in [3.8, 4) is 0 Å². The first-order valence-electron chi connectivity index (χ1n) is 7.29. The second-order valence-electron chi connectivity index (χ2n) is 4.49. The molecule has 0 bridgehead atoms. The van der Waals surface area contributed by atoms with Crippen LogP contribution in [0, 0.1) is 0 Å². The molecule has 0 N–H and O–H groups in total. The lowest BCUT2D eigenvalue weighted by molar-refractivity contribution is -0.140. The fraction of sp³-hybridized carbons (Fsp3) is 1.00. The summed E-state index contributed by atoms with van der Waals surface area (Å²) in [5.74, 6) is 2.16. The Morgan fingerprint density at radius 1 is 0.609 bits per heavy atom. The highest BCUT2D eigenvalue weighted by Crippen LogP contribution is 2.27. The summed E-state index contributed by atoms with van der Waals surface area (Å²) in [6.45, 7) is 0. The smallest absolute Gasteiger partial charge is 0.425 e. The summed E-state index contributed by atoms with van der Waals surface area (Å²) in [6.07, 6.45) is 2.11. The van der Waals surface area contributed by atoms with E-state index < -0.39 is 17.6 Å². The minimum Gasteiger partial charge on any atom is -0.425 e. The van der Waals surface area contributed by atoms with Gasteiger partial charge in [-0.25, -0.2) is 4.58 Å². The molecular weight excluding hydrogens is 473 g/mol. The Morgan fingerprint density at radius 3 is 1.35 bits per heavy atom. The third-order valence-electron chi connectivity index (χ3n) is 3.27. The lowest BCUT2D eigenvalue weighted by Gasteiger charge is -2.26. The Hall–Kier alpha value is 2.16. The normalized spacial score (nSPS) is 17.7.